The first-order valence-electron chi connectivity index (χ1n) is 10.8. The molecule has 10 heteroatoms. The predicted octanol–water partition coefficient (Wildman–Crippen LogP) is 1.63. The van der Waals surface area contributed by atoms with Gasteiger partial charge in [-0.3, -0.25) is 14.3 Å². The van der Waals surface area contributed by atoms with Crippen LogP contribution in [0.4, 0.5) is 11.4 Å². The van der Waals surface area contributed by atoms with E-state index in [-0.39, 0.29) is 48.9 Å². The highest BCUT2D eigenvalue weighted by Gasteiger charge is 2.28. The van der Waals surface area contributed by atoms with Crippen molar-refractivity contribution in [3.8, 4) is 0 Å². The topological polar surface area (TPSA) is 86.1 Å². The molecule has 4 rings (SSSR count). The Hall–Kier alpha value is -2.63. The van der Waals surface area contributed by atoms with Gasteiger partial charge in [0, 0.05) is 45.1 Å². The van der Waals surface area contributed by atoms with Gasteiger partial charge in [-0.15, -0.1) is 24.0 Å². The number of anilines is 2. The van der Waals surface area contributed by atoms with Crippen LogP contribution in [0.5, 0.6) is 0 Å². The summed E-state index contributed by atoms with van der Waals surface area (Å²) < 4.78 is 1.69. The van der Waals surface area contributed by atoms with Gasteiger partial charge in [-0.25, -0.2) is 4.99 Å². The van der Waals surface area contributed by atoms with Gasteiger partial charge in [0.1, 0.15) is 13.1 Å². The maximum atomic E-state index is 12.9. The minimum atomic E-state index is -0.0251. The van der Waals surface area contributed by atoms with Gasteiger partial charge in [-0.05, 0) is 31.4 Å². The number of piperazine rings is 1. The molecular weight excluding hydrogens is 521 g/mol. The molecule has 0 radical (unpaired) electrons. The highest BCUT2D eigenvalue weighted by atomic mass is 127. The number of hydrogen-bond donors (Lipinski definition) is 1. The van der Waals surface area contributed by atoms with Gasteiger partial charge in [-0.2, -0.15) is 5.10 Å². The third-order valence-electron chi connectivity index (χ3n) is 5.63. The Bertz CT molecular complexity index is 990. The summed E-state index contributed by atoms with van der Waals surface area (Å²) in [5, 5.41) is 7.38. The van der Waals surface area contributed by atoms with E-state index < -0.39 is 0 Å². The fraction of sp³-hybridized carbons (Fsp3) is 0.455. The Morgan fingerprint density at radius 1 is 1.22 bits per heavy atom. The zero-order valence-corrected chi connectivity index (χ0v) is 20.9. The highest BCUT2D eigenvalue weighted by molar-refractivity contribution is 14.0. The number of para-hydroxylation sites is 1. The van der Waals surface area contributed by atoms with Crippen molar-refractivity contribution >= 4 is 53.1 Å². The number of nitrogens with zero attached hydrogens (tertiary/aromatic N) is 6. The van der Waals surface area contributed by atoms with E-state index in [1.165, 1.54) is 5.56 Å². The summed E-state index contributed by atoms with van der Waals surface area (Å²) >= 11 is 0. The molecule has 2 aliphatic rings. The Morgan fingerprint density at radius 2 is 2.03 bits per heavy atom. The monoisotopic (exact) mass is 551 g/mol. The number of carbonyl (C=O) groups is 2. The van der Waals surface area contributed by atoms with E-state index in [0.717, 1.165) is 24.2 Å². The predicted molar refractivity (Wildman–Crippen MR) is 136 cm³/mol. The molecule has 0 aliphatic carbocycles. The summed E-state index contributed by atoms with van der Waals surface area (Å²) in [5.41, 5.74) is 2.99. The number of rotatable bonds is 4. The molecule has 172 valence electrons. The Kier molecular flexibility index (Phi) is 8.10. The Labute approximate surface area is 205 Å². The molecule has 2 amide bonds. The van der Waals surface area contributed by atoms with Crippen molar-refractivity contribution < 1.29 is 9.59 Å². The number of aromatic nitrogens is 2. The van der Waals surface area contributed by atoms with Crippen LogP contribution in [-0.2, 0) is 23.1 Å². The van der Waals surface area contributed by atoms with Crippen molar-refractivity contribution in [3.05, 3.63) is 42.2 Å². The van der Waals surface area contributed by atoms with Crippen molar-refractivity contribution in [2.75, 3.05) is 49.1 Å². The van der Waals surface area contributed by atoms with Crippen molar-refractivity contribution in [3.63, 3.8) is 0 Å². The van der Waals surface area contributed by atoms with E-state index >= 15 is 0 Å². The molecule has 0 spiro atoms. The lowest BCUT2D eigenvalue weighted by Crippen LogP contribution is -2.55. The fourth-order valence-corrected chi connectivity index (χ4v) is 4.12. The molecule has 0 bridgehead atoms. The van der Waals surface area contributed by atoms with Gasteiger partial charge in [0.25, 0.3) is 0 Å². The maximum absolute atomic E-state index is 12.9. The lowest BCUT2D eigenvalue weighted by atomic mass is 10.0. The quantitative estimate of drug-likeness (QED) is 0.355. The van der Waals surface area contributed by atoms with E-state index in [0.29, 0.717) is 32.1 Å². The number of amides is 2. The van der Waals surface area contributed by atoms with E-state index in [1.807, 2.05) is 48.2 Å². The summed E-state index contributed by atoms with van der Waals surface area (Å²) in [5.74, 6) is 0.560. The van der Waals surface area contributed by atoms with Gasteiger partial charge >= 0.3 is 0 Å². The number of aliphatic imine (C=N–C) groups is 1. The molecule has 1 N–H and O–H groups in total. The van der Waals surface area contributed by atoms with Crippen LogP contribution < -0.4 is 15.1 Å². The molecule has 1 aromatic carbocycles. The van der Waals surface area contributed by atoms with Crippen molar-refractivity contribution in [1.29, 1.82) is 0 Å². The second-order valence-electron chi connectivity index (χ2n) is 7.79. The van der Waals surface area contributed by atoms with Crippen LogP contribution >= 0.6 is 24.0 Å². The zero-order chi connectivity index (χ0) is 21.8. The standard InChI is InChI=1S/C22H29N7O2.HI/c1-3-23-22(27-11-12-28(21(31)16-27)18-13-25-26(2)15-18)24-14-20(30)29-10-6-8-17-7-4-5-9-19(17)29;/h4-5,7,9,13,15H,3,6,8,10-12,14,16H2,1-2H3,(H,23,24);1H. The molecule has 0 unspecified atom stereocenters. The van der Waals surface area contributed by atoms with Crippen LogP contribution in [0.2, 0.25) is 0 Å². The molecule has 1 aromatic heterocycles. The smallest absolute Gasteiger partial charge is 0.248 e. The van der Waals surface area contributed by atoms with E-state index in [4.69, 9.17) is 0 Å². The third-order valence-corrected chi connectivity index (χ3v) is 5.63. The molecule has 2 aromatic rings. The van der Waals surface area contributed by atoms with Crippen LogP contribution in [0.15, 0.2) is 41.7 Å². The molecule has 2 aliphatic heterocycles. The van der Waals surface area contributed by atoms with Crippen LogP contribution in [0, 0.1) is 0 Å². The molecule has 3 heterocycles. The van der Waals surface area contributed by atoms with Crippen LogP contribution in [0.25, 0.3) is 0 Å². The van der Waals surface area contributed by atoms with Crippen molar-refractivity contribution in [2.24, 2.45) is 12.0 Å². The molecule has 1 fully saturated rings. The minimum Gasteiger partial charge on any atom is -0.356 e. The van der Waals surface area contributed by atoms with Gasteiger partial charge in [-0.1, -0.05) is 18.2 Å². The number of aryl methyl sites for hydroxylation is 2. The van der Waals surface area contributed by atoms with Gasteiger partial charge < -0.3 is 20.0 Å². The molecule has 9 nitrogen and oxygen atoms in total. The van der Waals surface area contributed by atoms with Gasteiger partial charge in [0.05, 0.1) is 11.9 Å². The molecular formula is C22H30IN7O2. The number of fused-ring (bicyclic) bond motifs is 1. The second-order valence-corrected chi connectivity index (χ2v) is 7.79. The van der Waals surface area contributed by atoms with E-state index in [9.17, 15) is 9.59 Å². The molecule has 0 atom stereocenters. The summed E-state index contributed by atoms with van der Waals surface area (Å²) in [4.78, 5) is 35.7. The molecule has 0 saturated carbocycles. The van der Waals surface area contributed by atoms with Crippen molar-refractivity contribution in [2.45, 2.75) is 19.8 Å². The molecule has 32 heavy (non-hydrogen) atoms. The minimum absolute atomic E-state index is 0. The number of halogens is 1. The van der Waals surface area contributed by atoms with Crippen LogP contribution in [0.3, 0.4) is 0 Å². The summed E-state index contributed by atoms with van der Waals surface area (Å²) in [6.07, 6.45) is 5.48. The maximum Gasteiger partial charge on any atom is 0.248 e. The largest absolute Gasteiger partial charge is 0.356 e. The number of benzene rings is 1. The normalized spacial score (nSPS) is 16.5. The highest BCUT2D eigenvalue weighted by Crippen LogP contribution is 2.26. The average Bonchev–Trinajstić information content (AvgIpc) is 3.21. The van der Waals surface area contributed by atoms with Crippen LogP contribution in [-0.4, -0.2) is 71.7 Å². The number of guanidine groups is 1. The molecule has 1 saturated heterocycles. The number of nitrogens with one attached hydrogen (secondary N) is 1. The van der Waals surface area contributed by atoms with Gasteiger partial charge in [0.2, 0.25) is 11.8 Å². The SMILES string of the molecule is CCNC(=NCC(=O)N1CCCc2ccccc21)N1CCN(c2cnn(C)c2)C(=O)C1.I. The second kappa shape index (κ2) is 10.8. The lowest BCUT2D eigenvalue weighted by Gasteiger charge is -2.35. The first kappa shape index (κ1) is 24.0. The lowest BCUT2D eigenvalue weighted by molar-refractivity contribution is -0.120. The van der Waals surface area contributed by atoms with Crippen LogP contribution in [0.1, 0.15) is 18.9 Å². The zero-order valence-electron chi connectivity index (χ0n) is 18.5. The van der Waals surface area contributed by atoms with Gasteiger partial charge in [0.15, 0.2) is 5.96 Å². The Balaban J connectivity index is 0.00000289. The number of hydrogen-bond acceptors (Lipinski definition) is 4. The number of carbonyl (C=O) groups excluding carboxylic acids is 2. The average molecular weight is 551 g/mol. The summed E-state index contributed by atoms with van der Waals surface area (Å²) in [6.45, 7) is 4.79. The van der Waals surface area contributed by atoms with E-state index in [2.05, 4.69) is 21.5 Å². The fourth-order valence-electron chi connectivity index (χ4n) is 4.12. The van der Waals surface area contributed by atoms with Crippen molar-refractivity contribution in [1.82, 2.24) is 20.0 Å². The van der Waals surface area contributed by atoms with E-state index in [1.54, 1.807) is 15.8 Å². The summed E-state index contributed by atoms with van der Waals surface area (Å²) in [7, 11) is 1.83. The first-order chi connectivity index (χ1) is 15.1. The summed E-state index contributed by atoms with van der Waals surface area (Å²) in [6, 6.07) is 8.05. The Morgan fingerprint density at radius 3 is 2.75 bits per heavy atom. The first-order valence-corrected chi connectivity index (χ1v) is 10.8. The third kappa shape index (κ3) is 5.22.